The van der Waals surface area contributed by atoms with Gasteiger partial charge in [0.25, 0.3) is 0 Å². The second-order valence-corrected chi connectivity index (χ2v) is 6.21. The molecule has 0 amide bonds. The molecule has 1 aliphatic carbocycles. The molecule has 0 aromatic carbocycles. The molecular weight excluding hydrogens is 206 g/mol. The van der Waals surface area contributed by atoms with E-state index in [1.165, 1.54) is 19.3 Å². The molecule has 2 N–H and O–H groups in total. The molecule has 0 radical (unpaired) electrons. The monoisotopic (exact) mass is 231 g/mol. The van der Waals surface area contributed by atoms with E-state index in [0.29, 0.717) is 6.04 Å². The maximum Gasteiger partial charge on any atom is 0.0496 e. The van der Waals surface area contributed by atoms with Crippen LogP contribution in [0.5, 0.6) is 0 Å². The maximum absolute atomic E-state index is 9.31. The predicted molar refractivity (Wildman–Crippen MR) is 68.4 cm³/mol. The normalized spacial score (nSPS) is 30.4. The lowest BCUT2D eigenvalue weighted by molar-refractivity contribution is 0.132. The minimum atomic E-state index is 0.0669. The summed E-state index contributed by atoms with van der Waals surface area (Å²) in [5.74, 6) is 0. The van der Waals surface area contributed by atoms with Crippen LogP contribution in [0.1, 0.15) is 39.5 Å². The highest BCUT2D eigenvalue weighted by molar-refractivity contribution is 7.99. The van der Waals surface area contributed by atoms with E-state index in [-0.39, 0.29) is 12.0 Å². The zero-order chi connectivity index (χ0) is 11.3. The summed E-state index contributed by atoms with van der Waals surface area (Å²) in [4.78, 5) is 0. The van der Waals surface area contributed by atoms with Crippen LogP contribution in [-0.4, -0.2) is 35.8 Å². The van der Waals surface area contributed by atoms with Crippen molar-refractivity contribution in [2.24, 2.45) is 5.41 Å². The molecule has 1 saturated carbocycles. The van der Waals surface area contributed by atoms with E-state index in [4.69, 9.17) is 0 Å². The van der Waals surface area contributed by atoms with Gasteiger partial charge in [-0.2, -0.15) is 11.8 Å². The highest BCUT2D eigenvalue weighted by Crippen LogP contribution is 2.29. The molecule has 1 rings (SSSR count). The van der Waals surface area contributed by atoms with Gasteiger partial charge in [0.1, 0.15) is 0 Å². The molecule has 0 aliphatic heterocycles. The van der Waals surface area contributed by atoms with Crippen LogP contribution in [0.4, 0.5) is 0 Å². The second kappa shape index (κ2) is 6.12. The van der Waals surface area contributed by atoms with E-state index in [1.54, 1.807) is 0 Å². The summed E-state index contributed by atoms with van der Waals surface area (Å²) in [5, 5.41) is 13.8. The Morgan fingerprint density at radius 3 is 2.67 bits per heavy atom. The number of hydrogen-bond donors (Lipinski definition) is 2. The first kappa shape index (κ1) is 13.3. The third-order valence-electron chi connectivity index (χ3n) is 3.77. The van der Waals surface area contributed by atoms with Gasteiger partial charge in [0.2, 0.25) is 0 Å². The maximum atomic E-state index is 9.31. The molecule has 0 heterocycles. The SMILES string of the molecule is CCC(C)(CO)CNC1CCC(SC)C1. The van der Waals surface area contributed by atoms with Crippen molar-refractivity contribution < 1.29 is 5.11 Å². The van der Waals surface area contributed by atoms with Gasteiger partial charge in [0, 0.05) is 29.9 Å². The van der Waals surface area contributed by atoms with E-state index < -0.39 is 0 Å². The van der Waals surface area contributed by atoms with Crippen molar-refractivity contribution in [3.8, 4) is 0 Å². The Balaban J connectivity index is 2.25. The van der Waals surface area contributed by atoms with Gasteiger partial charge >= 0.3 is 0 Å². The van der Waals surface area contributed by atoms with Crippen LogP contribution < -0.4 is 5.32 Å². The topological polar surface area (TPSA) is 32.3 Å². The molecule has 3 atom stereocenters. The number of thioether (sulfide) groups is 1. The van der Waals surface area contributed by atoms with Crippen LogP contribution in [0.25, 0.3) is 0 Å². The molecule has 0 saturated heterocycles. The first-order valence-corrected chi connectivity index (χ1v) is 7.29. The lowest BCUT2D eigenvalue weighted by Gasteiger charge is -2.28. The van der Waals surface area contributed by atoms with Crippen molar-refractivity contribution in [2.45, 2.75) is 50.8 Å². The molecule has 3 unspecified atom stereocenters. The molecule has 0 aromatic heterocycles. The van der Waals surface area contributed by atoms with Crippen molar-refractivity contribution >= 4 is 11.8 Å². The van der Waals surface area contributed by atoms with Gasteiger partial charge in [-0.1, -0.05) is 13.8 Å². The Kier molecular flexibility index (Phi) is 5.44. The Bertz CT molecular complexity index is 182. The highest BCUT2D eigenvalue weighted by Gasteiger charge is 2.27. The third-order valence-corrected chi connectivity index (χ3v) is 4.87. The lowest BCUT2D eigenvalue weighted by Crippen LogP contribution is -2.39. The van der Waals surface area contributed by atoms with E-state index in [9.17, 15) is 5.11 Å². The summed E-state index contributed by atoms with van der Waals surface area (Å²) in [7, 11) is 0. The molecule has 0 bridgehead atoms. The van der Waals surface area contributed by atoms with Crippen molar-refractivity contribution in [3.05, 3.63) is 0 Å². The van der Waals surface area contributed by atoms with Gasteiger partial charge in [0.05, 0.1) is 0 Å². The lowest BCUT2D eigenvalue weighted by atomic mass is 9.88. The molecule has 1 fully saturated rings. The predicted octanol–water partition coefficient (Wildman–Crippen LogP) is 2.27. The van der Waals surface area contributed by atoms with E-state index in [0.717, 1.165) is 18.2 Å². The summed E-state index contributed by atoms with van der Waals surface area (Å²) < 4.78 is 0. The Hall–Kier alpha value is 0.270. The Labute approximate surface area is 98.2 Å². The van der Waals surface area contributed by atoms with Crippen LogP contribution in [-0.2, 0) is 0 Å². The van der Waals surface area contributed by atoms with Gasteiger partial charge in [-0.15, -0.1) is 0 Å². The van der Waals surface area contributed by atoms with Crippen molar-refractivity contribution in [1.29, 1.82) is 0 Å². The fraction of sp³-hybridized carbons (Fsp3) is 1.00. The minimum Gasteiger partial charge on any atom is -0.396 e. The van der Waals surface area contributed by atoms with Crippen LogP contribution >= 0.6 is 11.8 Å². The smallest absolute Gasteiger partial charge is 0.0496 e. The Morgan fingerprint density at radius 2 is 2.20 bits per heavy atom. The number of hydrogen-bond acceptors (Lipinski definition) is 3. The van der Waals surface area contributed by atoms with Gasteiger partial charge in [-0.05, 0) is 31.9 Å². The molecule has 15 heavy (non-hydrogen) atoms. The fourth-order valence-corrected chi connectivity index (χ4v) is 2.82. The Morgan fingerprint density at radius 1 is 1.47 bits per heavy atom. The number of nitrogens with one attached hydrogen (secondary N) is 1. The standard InChI is InChI=1S/C12H25NOS/c1-4-12(2,9-14)8-13-10-5-6-11(7-10)15-3/h10-11,13-14H,4-9H2,1-3H3. The summed E-state index contributed by atoms with van der Waals surface area (Å²) >= 11 is 1.99. The van der Waals surface area contributed by atoms with Crippen LogP contribution in [0.15, 0.2) is 0 Å². The summed E-state index contributed by atoms with van der Waals surface area (Å²) in [6.07, 6.45) is 7.19. The zero-order valence-electron chi connectivity index (χ0n) is 10.3. The number of aliphatic hydroxyl groups excluding tert-OH is 1. The first-order chi connectivity index (χ1) is 7.13. The van der Waals surface area contributed by atoms with Gasteiger partial charge in [0.15, 0.2) is 0 Å². The van der Waals surface area contributed by atoms with Crippen LogP contribution in [0.3, 0.4) is 0 Å². The summed E-state index contributed by atoms with van der Waals surface area (Å²) in [6.45, 7) is 5.54. The number of rotatable bonds is 6. The van der Waals surface area contributed by atoms with Crippen molar-refractivity contribution in [3.63, 3.8) is 0 Å². The summed E-state index contributed by atoms with van der Waals surface area (Å²) in [5.41, 5.74) is 0.0669. The molecule has 0 spiro atoms. The fourth-order valence-electron chi connectivity index (χ4n) is 2.02. The quantitative estimate of drug-likeness (QED) is 0.735. The van der Waals surface area contributed by atoms with Gasteiger partial charge in [-0.3, -0.25) is 0 Å². The molecule has 1 aliphatic rings. The van der Waals surface area contributed by atoms with E-state index >= 15 is 0 Å². The average Bonchev–Trinajstić information content (AvgIpc) is 2.74. The van der Waals surface area contributed by atoms with Gasteiger partial charge in [-0.25, -0.2) is 0 Å². The second-order valence-electron chi connectivity index (χ2n) is 5.07. The van der Waals surface area contributed by atoms with Crippen LogP contribution in [0.2, 0.25) is 0 Å². The molecule has 2 nitrogen and oxygen atoms in total. The van der Waals surface area contributed by atoms with Crippen LogP contribution in [0, 0.1) is 5.41 Å². The van der Waals surface area contributed by atoms with E-state index in [2.05, 4.69) is 25.4 Å². The largest absolute Gasteiger partial charge is 0.396 e. The zero-order valence-corrected chi connectivity index (χ0v) is 11.1. The molecule has 3 heteroatoms. The highest BCUT2D eigenvalue weighted by atomic mass is 32.2. The van der Waals surface area contributed by atoms with Crippen molar-refractivity contribution in [1.82, 2.24) is 5.32 Å². The first-order valence-electron chi connectivity index (χ1n) is 6.00. The average molecular weight is 231 g/mol. The number of aliphatic hydroxyl groups is 1. The molecule has 0 aromatic rings. The van der Waals surface area contributed by atoms with Gasteiger partial charge < -0.3 is 10.4 Å². The van der Waals surface area contributed by atoms with E-state index in [1.807, 2.05) is 11.8 Å². The third kappa shape index (κ3) is 3.97. The van der Waals surface area contributed by atoms with Crippen molar-refractivity contribution in [2.75, 3.05) is 19.4 Å². The molecule has 90 valence electrons. The summed E-state index contributed by atoms with van der Waals surface area (Å²) in [6, 6.07) is 0.680. The minimum absolute atomic E-state index is 0.0669. The molecular formula is C12H25NOS.